The molecule has 2 aliphatic carbocycles. The summed E-state index contributed by atoms with van der Waals surface area (Å²) in [6, 6.07) is 22.5. The normalized spacial score (nSPS) is 24.3. The highest BCUT2D eigenvalue weighted by Gasteiger charge is 2.49. The van der Waals surface area contributed by atoms with Gasteiger partial charge in [0.25, 0.3) is 0 Å². The molecule has 4 aliphatic rings. The number of halogens is 1. The number of nitrogens with zero attached hydrogens (tertiary/aromatic N) is 2. The van der Waals surface area contributed by atoms with Gasteiger partial charge < -0.3 is 4.90 Å². The van der Waals surface area contributed by atoms with E-state index in [1.807, 2.05) is 0 Å². The summed E-state index contributed by atoms with van der Waals surface area (Å²) in [5, 5.41) is 6.32. The average Bonchev–Trinajstić information content (AvgIpc) is 3.50. The Hall–Kier alpha value is -3.62. The van der Waals surface area contributed by atoms with E-state index >= 15 is 0 Å². The monoisotopic (exact) mass is 571 g/mol. The highest BCUT2D eigenvalue weighted by atomic mass is 35.5. The summed E-state index contributed by atoms with van der Waals surface area (Å²) in [6.07, 6.45) is 14.6. The van der Waals surface area contributed by atoms with Gasteiger partial charge >= 0.3 is 0 Å². The number of allylic oxidation sites excluding steroid dienone is 8. The average molecular weight is 572 g/mol. The molecule has 0 spiro atoms. The van der Waals surface area contributed by atoms with Crippen LogP contribution in [-0.2, 0) is 5.41 Å². The van der Waals surface area contributed by atoms with Crippen LogP contribution in [0.5, 0.6) is 0 Å². The minimum Gasteiger partial charge on any atom is -0.347 e. The van der Waals surface area contributed by atoms with E-state index in [0.717, 1.165) is 24.3 Å². The van der Waals surface area contributed by atoms with Crippen molar-refractivity contribution in [3.05, 3.63) is 123 Å². The molecule has 212 valence electrons. The second-order valence-electron chi connectivity index (χ2n) is 13.4. The summed E-state index contributed by atoms with van der Waals surface area (Å²) in [5.41, 5.74) is 9.23. The Kier molecular flexibility index (Phi) is 6.29. The van der Waals surface area contributed by atoms with E-state index in [9.17, 15) is 0 Å². The fraction of sp³-hybridized carbons (Fsp3) is 0.308. The lowest BCUT2D eigenvalue weighted by Crippen LogP contribution is -2.39. The van der Waals surface area contributed by atoms with Gasteiger partial charge in [0.05, 0.1) is 5.41 Å². The lowest BCUT2D eigenvalue weighted by atomic mass is 9.76. The van der Waals surface area contributed by atoms with Gasteiger partial charge in [0.1, 0.15) is 7.05 Å². The van der Waals surface area contributed by atoms with Crippen molar-refractivity contribution in [1.29, 1.82) is 0 Å². The Morgan fingerprint density at radius 2 is 1.64 bits per heavy atom. The third kappa shape index (κ3) is 3.95. The first kappa shape index (κ1) is 27.2. The van der Waals surface area contributed by atoms with Crippen LogP contribution in [-0.4, -0.2) is 30.4 Å². The topological polar surface area (TPSA) is 6.25 Å². The highest BCUT2D eigenvalue weighted by molar-refractivity contribution is 6.33. The molecule has 3 heteroatoms. The highest BCUT2D eigenvalue weighted by Crippen LogP contribution is 2.50. The van der Waals surface area contributed by atoms with Crippen molar-refractivity contribution in [2.75, 3.05) is 19.0 Å². The number of rotatable bonds is 3. The van der Waals surface area contributed by atoms with Crippen molar-refractivity contribution in [1.82, 2.24) is 0 Å². The van der Waals surface area contributed by atoms with Crippen LogP contribution in [0.3, 0.4) is 0 Å². The Morgan fingerprint density at radius 1 is 0.881 bits per heavy atom. The third-order valence-electron chi connectivity index (χ3n) is 10.3. The first-order valence-corrected chi connectivity index (χ1v) is 15.6. The summed E-state index contributed by atoms with van der Waals surface area (Å²) in [7, 11) is 4.44. The SMILES string of the molecule is CN1/C(=C/C=C2\CCC(/C=C/C3=[N+](C)C4CC=c5ccccc5=C4C3(C)C)=C2Cl)C(C)(C)c2c1ccc1ccccc21. The number of hydrogen-bond acceptors (Lipinski definition) is 1. The molecule has 3 aromatic carbocycles. The van der Waals surface area contributed by atoms with Crippen molar-refractivity contribution >= 4 is 45.4 Å². The van der Waals surface area contributed by atoms with E-state index in [4.69, 9.17) is 11.6 Å². The van der Waals surface area contributed by atoms with Crippen LogP contribution in [0.25, 0.3) is 22.4 Å². The van der Waals surface area contributed by atoms with Gasteiger partial charge in [-0.15, -0.1) is 0 Å². The zero-order chi connectivity index (χ0) is 29.4. The summed E-state index contributed by atoms with van der Waals surface area (Å²) in [5.74, 6) is 0. The molecule has 7 rings (SSSR count). The molecule has 2 aliphatic heterocycles. The van der Waals surface area contributed by atoms with E-state index in [0.29, 0.717) is 6.04 Å². The van der Waals surface area contributed by atoms with E-state index in [2.05, 4.69) is 142 Å². The van der Waals surface area contributed by atoms with Gasteiger partial charge in [-0.25, -0.2) is 4.58 Å². The molecule has 0 fully saturated rings. The lowest BCUT2D eigenvalue weighted by molar-refractivity contribution is -0.515. The maximum Gasteiger partial charge on any atom is 0.186 e. The molecule has 0 saturated heterocycles. The molecule has 1 unspecified atom stereocenters. The van der Waals surface area contributed by atoms with Crippen LogP contribution in [0, 0.1) is 5.41 Å². The largest absolute Gasteiger partial charge is 0.347 e. The first-order chi connectivity index (χ1) is 20.1. The fourth-order valence-electron chi connectivity index (χ4n) is 8.19. The molecule has 0 amide bonds. The van der Waals surface area contributed by atoms with Crippen LogP contribution in [0.15, 0.2) is 107 Å². The standard InChI is InChI=1S/C39H40ClN2/c1-38(2)33(41(5)31-21-17-25-11-7-9-13-29(25)35(31)38)23-19-27-15-16-28(37(27)40)20-24-34-39(3,4)36-30-14-10-8-12-26(30)18-22-32(36)42(34)6/h7-14,17-21,23-24,32H,15-16,22H2,1-6H3/q+1. The van der Waals surface area contributed by atoms with Crippen LogP contribution in [0.2, 0.25) is 0 Å². The summed E-state index contributed by atoms with van der Waals surface area (Å²) < 4.78 is 2.49. The Morgan fingerprint density at radius 3 is 2.48 bits per heavy atom. The molecule has 0 N–H and O–H groups in total. The number of fused-ring (bicyclic) bond motifs is 5. The summed E-state index contributed by atoms with van der Waals surface area (Å²) in [6.45, 7) is 9.44. The number of anilines is 1. The van der Waals surface area contributed by atoms with Crippen LogP contribution in [0.4, 0.5) is 5.69 Å². The zero-order valence-electron chi connectivity index (χ0n) is 25.6. The number of benzene rings is 3. The van der Waals surface area contributed by atoms with E-state index in [-0.39, 0.29) is 10.8 Å². The third-order valence-corrected chi connectivity index (χ3v) is 10.8. The zero-order valence-corrected chi connectivity index (χ0v) is 26.4. The summed E-state index contributed by atoms with van der Waals surface area (Å²) in [4.78, 5) is 2.35. The lowest BCUT2D eigenvalue weighted by Gasteiger charge is -2.24. The van der Waals surface area contributed by atoms with Crippen LogP contribution >= 0.6 is 11.6 Å². The minimum atomic E-state index is -0.0979. The van der Waals surface area contributed by atoms with Gasteiger partial charge in [0.15, 0.2) is 11.8 Å². The predicted octanol–water partition coefficient (Wildman–Crippen LogP) is 7.75. The van der Waals surface area contributed by atoms with Crippen LogP contribution in [0.1, 0.15) is 52.5 Å². The number of likely N-dealkylation sites (N-methyl/N-ethyl adjacent to an activating group) is 1. The van der Waals surface area contributed by atoms with Crippen molar-refractivity contribution in [3.8, 4) is 0 Å². The maximum atomic E-state index is 7.07. The molecular weight excluding hydrogens is 532 g/mol. The second kappa shape index (κ2) is 9.71. The van der Waals surface area contributed by atoms with Gasteiger partial charge in [-0.3, -0.25) is 0 Å². The Labute approximate surface area is 255 Å². The molecule has 0 saturated carbocycles. The number of hydrogen-bond donors (Lipinski definition) is 0. The van der Waals surface area contributed by atoms with Gasteiger partial charge in [0.2, 0.25) is 0 Å². The Balaban J connectivity index is 1.20. The minimum absolute atomic E-state index is 0.0349. The molecule has 1 atom stereocenters. The molecule has 0 bridgehead atoms. The maximum absolute atomic E-state index is 7.07. The predicted molar refractivity (Wildman–Crippen MR) is 180 cm³/mol. The quantitative estimate of drug-likeness (QED) is 0.291. The molecule has 2 heterocycles. The van der Waals surface area contributed by atoms with Crippen molar-refractivity contribution in [2.45, 2.75) is 58.4 Å². The van der Waals surface area contributed by atoms with Gasteiger partial charge in [-0.2, -0.15) is 0 Å². The van der Waals surface area contributed by atoms with E-state index in [1.165, 1.54) is 55.0 Å². The first-order valence-electron chi connectivity index (χ1n) is 15.3. The van der Waals surface area contributed by atoms with Gasteiger partial charge in [0, 0.05) is 46.9 Å². The van der Waals surface area contributed by atoms with Crippen LogP contribution < -0.4 is 15.3 Å². The van der Waals surface area contributed by atoms with Crippen molar-refractivity contribution < 1.29 is 4.58 Å². The molecular formula is C39H40ClN2+. The summed E-state index contributed by atoms with van der Waals surface area (Å²) >= 11 is 7.07. The van der Waals surface area contributed by atoms with Gasteiger partial charge in [-0.05, 0) is 76.8 Å². The van der Waals surface area contributed by atoms with E-state index < -0.39 is 0 Å². The second-order valence-corrected chi connectivity index (χ2v) is 13.7. The molecule has 3 aromatic rings. The molecule has 2 nitrogen and oxygen atoms in total. The molecule has 0 aromatic heterocycles. The fourth-order valence-corrected chi connectivity index (χ4v) is 8.51. The van der Waals surface area contributed by atoms with Gasteiger partial charge in [-0.1, -0.05) is 98.3 Å². The smallest absolute Gasteiger partial charge is 0.186 e. The van der Waals surface area contributed by atoms with E-state index in [1.54, 1.807) is 5.57 Å². The molecule has 42 heavy (non-hydrogen) atoms. The van der Waals surface area contributed by atoms with Crippen molar-refractivity contribution in [3.63, 3.8) is 0 Å². The van der Waals surface area contributed by atoms with Crippen molar-refractivity contribution in [2.24, 2.45) is 5.41 Å². The Bertz CT molecular complexity index is 1940. The molecule has 0 radical (unpaired) electrons.